The quantitative estimate of drug-likeness (QED) is 0.629. The fourth-order valence-electron chi connectivity index (χ4n) is 2.35. The Kier molecular flexibility index (Phi) is 5.98. The first kappa shape index (κ1) is 17.4. The van der Waals surface area contributed by atoms with Gasteiger partial charge in [0.15, 0.2) is 0 Å². The van der Waals surface area contributed by atoms with Gasteiger partial charge in [0.2, 0.25) is 5.91 Å². The monoisotopic (exact) mass is 286 g/mol. The van der Waals surface area contributed by atoms with Crippen LogP contribution in [0.25, 0.3) is 0 Å². The molecule has 5 heteroatoms. The topological polar surface area (TPSA) is 73.6 Å². The molecule has 0 bridgehead atoms. The summed E-state index contributed by atoms with van der Waals surface area (Å²) in [6, 6.07) is 0.192. The van der Waals surface area contributed by atoms with Crippen molar-refractivity contribution in [3.8, 4) is 0 Å². The Balaban J connectivity index is 2.47. The number of hydrogen-bond acceptors (Lipinski definition) is 4. The van der Waals surface area contributed by atoms with E-state index in [2.05, 4.69) is 5.32 Å². The molecule has 0 radical (unpaired) electrons. The van der Waals surface area contributed by atoms with E-state index in [1.165, 1.54) is 0 Å². The second-order valence-corrected chi connectivity index (χ2v) is 6.92. The average Bonchev–Trinajstić information content (AvgIpc) is 3.08. The van der Waals surface area contributed by atoms with E-state index in [0.717, 1.165) is 12.8 Å². The smallest absolute Gasteiger partial charge is 0.240 e. The van der Waals surface area contributed by atoms with Crippen LogP contribution >= 0.6 is 0 Å². The number of amides is 1. The summed E-state index contributed by atoms with van der Waals surface area (Å²) in [5.74, 6) is -0.0172. The number of nitrogens with one attached hydrogen (secondary N) is 1. The Labute approximate surface area is 122 Å². The predicted molar refractivity (Wildman–Crippen MR) is 79.4 cm³/mol. The zero-order valence-electron chi connectivity index (χ0n) is 13.5. The normalized spacial score (nSPS) is 19.1. The molecular formula is C15H30N2O3. The summed E-state index contributed by atoms with van der Waals surface area (Å²) in [5.41, 5.74) is 4.74. The number of carbonyl (C=O) groups is 1. The van der Waals surface area contributed by atoms with E-state index in [9.17, 15) is 4.79 Å². The third-order valence-corrected chi connectivity index (χ3v) is 3.35. The van der Waals surface area contributed by atoms with Gasteiger partial charge < -0.3 is 15.2 Å². The van der Waals surface area contributed by atoms with Crippen molar-refractivity contribution >= 4 is 5.91 Å². The Morgan fingerprint density at radius 3 is 2.30 bits per heavy atom. The lowest BCUT2D eigenvalue weighted by Crippen LogP contribution is -2.62. The van der Waals surface area contributed by atoms with Crippen LogP contribution in [0.3, 0.4) is 0 Å². The maximum absolute atomic E-state index is 11.9. The fourth-order valence-corrected chi connectivity index (χ4v) is 2.35. The molecule has 0 aromatic carbocycles. The van der Waals surface area contributed by atoms with Crippen molar-refractivity contribution in [2.24, 2.45) is 11.7 Å². The molecule has 1 aliphatic rings. The standard InChI is InChI=1S/C15H30N2O3/c1-11(2)17-15(13(16)18,12-6-7-12)10-19-8-9-20-14(3,4)5/h11-12,17H,6-10H2,1-5H3,(H2,16,18). The second-order valence-electron chi connectivity index (χ2n) is 6.92. The van der Waals surface area contributed by atoms with E-state index in [1.54, 1.807) is 0 Å². The highest BCUT2D eigenvalue weighted by molar-refractivity contribution is 5.85. The van der Waals surface area contributed by atoms with Gasteiger partial charge in [0.1, 0.15) is 5.54 Å². The minimum absolute atomic E-state index is 0.170. The molecule has 0 aromatic heterocycles. The molecule has 1 rings (SSSR count). The lowest BCUT2D eigenvalue weighted by Gasteiger charge is -2.34. The van der Waals surface area contributed by atoms with Crippen molar-refractivity contribution in [3.63, 3.8) is 0 Å². The molecule has 1 amide bonds. The molecule has 118 valence electrons. The van der Waals surface area contributed by atoms with Crippen LogP contribution in [0.15, 0.2) is 0 Å². The number of rotatable bonds is 9. The van der Waals surface area contributed by atoms with Gasteiger partial charge in [-0.05, 0) is 53.4 Å². The van der Waals surface area contributed by atoms with E-state index in [0.29, 0.717) is 25.7 Å². The first-order valence-electron chi connectivity index (χ1n) is 7.47. The van der Waals surface area contributed by atoms with Crippen molar-refractivity contribution in [2.45, 2.75) is 64.6 Å². The molecular weight excluding hydrogens is 256 g/mol. The fraction of sp³-hybridized carbons (Fsp3) is 0.933. The molecule has 1 fully saturated rings. The molecule has 0 aromatic rings. The third kappa shape index (κ3) is 5.38. The Hall–Kier alpha value is -0.650. The highest BCUT2D eigenvalue weighted by Crippen LogP contribution is 2.40. The zero-order chi connectivity index (χ0) is 15.4. The summed E-state index contributed by atoms with van der Waals surface area (Å²) in [4.78, 5) is 11.9. The van der Waals surface area contributed by atoms with Crippen LogP contribution in [-0.4, -0.2) is 42.9 Å². The lowest BCUT2D eigenvalue weighted by atomic mass is 9.92. The van der Waals surface area contributed by atoms with Gasteiger partial charge in [-0.2, -0.15) is 0 Å². The van der Waals surface area contributed by atoms with Gasteiger partial charge in [0.25, 0.3) is 0 Å². The summed E-state index contributed by atoms with van der Waals surface area (Å²) >= 11 is 0. The number of ether oxygens (including phenoxy) is 2. The van der Waals surface area contributed by atoms with Crippen molar-refractivity contribution in [2.75, 3.05) is 19.8 Å². The highest BCUT2D eigenvalue weighted by Gasteiger charge is 2.50. The molecule has 0 saturated heterocycles. The first-order valence-corrected chi connectivity index (χ1v) is 7.47. The van der Waals surface area contributed by atoms with Gasteiger partial charge in [0.05, 0.1) is 25.4 Å². The van der Waals surface area contributed by atoms with Crippen LogP contribution in [0.2, 0.25) is 0 Å². The van der Waals surface area contributed by atoms with Crippen molar-refractivity contribution < 1.29 is 14.3 Å². The van der Waals surface area contributed by atoms with Gasteiger partial charge in [-0.25, -0.2) is 0 Å². The number of primary amides is 1. The molecule has 1 unspecified atom stereocenters. The molecule has 1 atom stereocenters. The molecule has 20 heavy (non-hydrogen) atoms. The van der Waals surface area contributed by atoms with Crippen LogP contribution in [0, 0.1) is 5.92 Å². The predicted octanol–water partition coefficient (Wildman–Crippen LogP) is 1.45. The van der Waals surface area contributed by atoms with Crippen LogP contribution in [0.1, 0.15) is 47.5 Å². The number of hydrogen-bond donors (Lipinski definition) is 2. The molecule has 1 saturated carbocycles. The van der Waals surface area contributed by atoms with E-state index in [1.807, 2.05) is 34.6 Å². The van der Waals surface area contributed by atoms with Gasteiger partial charge in [-0.1, -0.05) is 0 Å². The third-order valence-electron chi connectivity index (χ3n) is 3.35. The Morgan fingerprint density at radius 2 is 1.90 bits per heavy atom. The summed E-state index contributed by atoms with van der Waals surface area (Å²) < 4.78 is 11.3. The van der Waals surface area contributed by atoms with Gasteiger partial charge >= 0.3 is 0 Å². The van der Waals surface area contributed by atoms with Crippen LogP contribution in [0.5, 0.6) is 0 Å². The molecule has 0 heterocycles. The van der Waals surface area contributed by atoms with E-state index < -0.39 is 5.54 Å². The van der Waals surface area contributed by atoms with Gasteiger partial charge in [-0.15, -0.1) is 0 Å². The molecule has 5 nitrogen and oxygen atoms in total. The molecule has 0 aliphatic heterocycles. The zero-order valence-corrected chi connectivity index (χ0v) is 13.5. The Morgan fingerprint density at radius 1 is 1.30 bits per heavy atom. The minimum atomic E-state index is -0.726. The van der Waals surface area contributed by atoms with Crippen molar-refractivity contribution in [3.05, 3.63) is 0 Å². The minimum Gasteiger partial charge on any atom is -0.377 e. The average molecular weight is 286 g/mol. The van der Waals surface area contributed by atoms with E-state index in [-0.39, 0.29) is 17.6 Å². The van der Waals surface area contributed by atoms with Crippen LogP contribution in [0.4, 0.5) is 0 Å². The van der Waals surface area contributed by atoms with Crippen molar-refractivity contribution in [1.82, 2.24) is 5.32 Å². The number of nitrogens with two attached hydrogens (primary N) is 1. The summed E-state index contributed by atoms with van der Waals surface area (Å²) in [6.45, 7) is 11.4. The highest BCUT2D eigenvalue weighted by atomic mass is 16.5. The summed E-state index contributed by atoms with van der Waals surface area (Å²) in [5, 5.41) is 3.32. The van der Waals surface area contributed by atoms with Gasteiger partial charge in [-0.3, -0.25) is 10.1 Å². The van der Waals surface area contributed by atoms with Crippen molar-refractivity contribution in [1.29, 1.82) is 0 Å². The van der Waals surface area contributed by atoms with Crippen LogP contribution < -0.4 is 11.1 Å². The largest absolute Gasteiger partial charge is 0.377 e. The van der Waals surface area contributed by atoms with Crippen LogP contribution in [-0.2, 0) is 14.3 Å². The first-order chi connectivity index (χ1) is 9.17. The maximum Gasteiger partial charge on any atom is 0.240 e. The SMILES string of the molecule is CC(C)NC(COCCOC(C)(C)C)(C(N)=O)C1CC1. The lowest BCUT2D eigenvalue weighted by molar-refractivity contribution is -0.129. The molecule has 1 aliphatic carbocycles. The molecule has 0 spiro atoms. The summed E-state index contributed by atoms with van der Waals surface area (Å²) in [6.07, 6.45) is 2.06. The van der Waals surface area contributed by atoms with E-state index >= 15 is 0 Å². The van der Waals surface area contributed by atoms with Gasteiger partial charge in [0, 0.05) is 6.04 Å². The number of carbonyl (C=O) groups excluding carboxylic acids is 1. The second kappa shape index (κ2) is 6.87. The summed E-state index contributed by atoms with van der Waals surface area (Å²) in [7, 11) is 0. The Bertz CT molecular complexity index is 322. The maximum atomic E-state index is 11.9. The molecule has 3 N–H and O–H groups in total. The van der Waals surface area contributed by atoms with E-state index in [4.69, 9.17) is 15.2 Å².